The van der Waals surface area contributed by atoms with Gasteiger partial charge in [0.25, 0.3) is 0 Å². The molecule has 0 bridgehead atoms. The van der Waals surface area contributed by atoms with Crippen LogP contribution in [-0.4, -0.2) is 22.7 Å². The number of aryl methyl sites for hydroxylation is 2. The molecule has 1 aromatic rings. The topological polar surface area (TPSA) is 40.5 Å². The van der Waals surface area contributed by atoms with Gasteiger partial charge in [-0.25, -0.2) is 4.79 Å². The minimum absolute atomic E-state index is 0.0552. The van der Waals surface area contributed by atoms with Crippen LogP contribution in [0.3, 0.4) is 0 Å². The largest absolute Gasteiger partial charge is 0.480 e. The van der Waals surface area contributed by atoms with E-state index in [9.17, 15) is 9.90 Å². The maximum absolute atomic E-state index is 11.9. The van der Waals surface area contributed by atoms with Crippen molar-refractivity contribution in [2.45, 2.75) is 72.4 Å². The highest BCUT2D eigenvalue weighted by Gasteiger charge is 2.43. The van der Waals surface area contributed by atoms with Crippen molar-refractivity contribution in [2.24, 2.45) is 5.92 Å². The minimum Gasteiger partial charge on any atom is -0.480 e. The van der Waals surface area contributed by atoms with E-state index in [2.05, 4.69) is 51.7 Å². The fraction of sp³-hybridized carbons (Fsp3) is 0.632. The number of anilines is 1. The highest BCUT2D eigenvalue weighted by molar-refractivity contribution is 5.80. The van der Waals surface area contributed by atoms with Crippen molar-refractivity contribution >= 4 is 11.7 Å². The monoisotopic (exact) mass is 303 g/mol. The molecule has 22 heavy (non-hydrogen) atoms. The summed E-state index contributed by atoms with van der Waals surface area (Å²) in [4.78, 5) is 14.1. The predicted molar refractivity (Wildman–Crippen MR) is 91.8 cm³/mol. The van der Waals surface area contributed by atoms with E-state index in [1.54, 1.807) is 0 Å². The van der Waals surface area contributed by atoms with Crippen LogP contribution < -0.4 is 4.90 Å². The summed E-state index contributed by atoms with van der Waals surface area (Å²) < 4.78 is 0. The van der Waals surface area contributed by atoms with Crippen LogP contribution in [0.1, 0.15) is 63.6 Å². The number of hydrogen-bond acceptors (Lipinski definition) is 2. The second-order valence-electron chi connectivity index (χ2n) is 7.81. The third-order valence-corrected chi connectivity index (χ3v) is 5.05. The number of fused-ring (bicyclic) bond motifs is 1. The summed E-state index contributed by atoms with van der Waals surface area (Å²) in [6.45, 7) is 14.8. The molecule has 0 amide bonds. The average Bonchev–Trinajstić information content (AvgIpc) is 2.35. The molecule has 1 heterocycles. The first-order chi connectivity index (χ1) is 10.1. The van der Waals surface area contributed by atoms with Crippen LogP contribution in [0.5, 0.6) is 0 Å². The number of hydrogen-bond donors (Lipinski definition) is 1. The number of carboxylic acids is 1. The first-order valence-corrected chi connectivity index (χ1v) is 8.19. The Morgan fingerprint density at radius 3 is 2.32 bits per heavy atom. The Morgan fingerprint density at radius 1 is 1.27 bits per heavy atom. The summed E-state index contributed by atoms with van der Waals surface area (Å²) >= 11 is 0. The molecule has 1 aromatic carbocycles. The summed E-state index contributed by atoms with van der Waals surface area (Å²) in [7, 11) is 0. The smallest absolute Gasteiger partial charge is 0.326 e. The molecule has 0 radical (unpaired) electrons. The number of carboxylic acid groups (broad SMARTS) is 1. The molecular formula is C19H29NO2. The quantitative estimate of drug-likeness (QED) is 0.893. The van der Waals surface area contributed by atoms with Gasteiger partial charge in [0.15, 0.2) is 0 Å². The number of aliphatic carboxylic acids is 1. The second-order valence-corrected chi connectivity index (χ2v) is 7.81. The molecule has 0 aromatic heterocycles. The molecule has 3 heteroatoms. The maximum Gasteiger partial charge on any atom is 0.326 e. The van der Waals surface area contributed by atoms with E-state index in [0.717, 1.165) is 12.1 Å². The lowest BCUT2D eigenvalue weighted by Gasteiger charge is -2.51. The molecule has 1 aliphatic rings. The third-order valence-electron chi connectivity index (χ3n) is 5.05. The highest BCUT2D eigenvalue weighted by Crippen LogP contribution is 2.46. The van der Waals surface area contributed by atoms with Gasteiger partial charge >= 0.3 is 5.97 Å². The van der Waals surface area contributed by atoms with Crippen LogP contribution in [0.15, 0.2) is 12.1 Å². The zero-order valence-corrected chi connectivity index (χ0v) is 14.9. The molecule has 0 fully saturated rings. The Kier molecular flexibility index (Phi) is 4.29. The predicted octanol–water partition coefficient (Wildman–Crippen LogP) is 4.50. The lowest BCUT2D eigenvalue weighted by atomic mass is 9.77. The van der Waals surface area contributed by atoms with Crippen molar-refractivity contribution in [1.29, 1.82) is 0 Å². The van der Waals surface area contributed by atoms with Crippen LogP contribution >= 0.6 is 0 Å². The van der Waals surface area contributed by atoms with E-state index in [1.807, 2.05) is 13.8 Å². The molecule has 3 nitrogen and oxygen atoms in total. The molecule has 1 N–H and O–H groups in total. The van der Waals surface area contributed by atoms with Crippen molar-refractivity contribution in [3.63, 3.8) is 0 Å². The molecule has 2 atom stereocenters. The van der Waals surface area contributed by atoms with Gasteiger partial charge in [0, 0.05) is 11.2 Å². The Balaban J connectivity index is 2.69. The Labute approximate surface area is 134 Å². The normalized spacial score (nSPS) is 21.6. The SMILES string of the molecule is Cc1cc2c(cc1C)N([C@@H](C(=O)O)C(C)C)C(C)(C)C[C@H]2C. The molecule has 0 spiro atoms. The van der Waals surface area contributed by atoms with Crippen LogP contribution in [-0.2, 0) is 4.79 Å². The summed E-state index contributed by atoms with van der Waals surface area (Å²) in [5.41, 5.74) is 4.73. The van der Waals surface area contributed by atoms with Crippen molar-refractivity contribution in [2.75, 3.05) is 4.90 Å². The van der Waals surface area contributed by atoms with E-state index >= 15 is 0 Å². The summed E-state index contributed by atoms with van der Waals surface area (Å²) in [5.74, 6) is -0.233. The van der Waals surface area contributed by atoms with Gasteiger partial charge in [0.05, 0.1) is 0 Å². The fourth-order valence-electron chi connectivity index (χ4n) is 3.93. The third kappa shape index (κ3) is 2.73. The summed E-state index contributed by atoms with van der Waals surface area (Å²) in [6.07, 6.45) is 0.971. The van der Waals surface area contributed by atoms with Gasteiger partial charge in [-0.3, -0.25) is 0 Å². The Morgan fingerprint density at radius 2 is 1.82 bits per heavy atom. The average molecular weight is 303 g/mol. The Bertz CT molecular complexity index is 589. The minimum atomic E-state index is -0.734. The molecule has 0 aliphatic carbocycles. The standard InChI is InChI=1S/C19H29NO2/c1-11(2)17(18(21)22)20-16-9-13(4)12(3)8-15(16)14(5)10-19(20,6)7/h8-9,11,14,17H,10H2,1-7H3,(H,21,22)/t14-,17-/m1/s1. The van der Waals surface area contributed by atoms with Gasteiger partial charge in [0.2, 0.25) is 0 Å². The first-order valence-electron chi connectivity index (χ1n) is 8.19. The molecular weight excluding hydrogens is 274 g/mol. The van der Waals surface area contributed by atoms with Crippen LogP contribution in [0.25, 0.3) is 0 Å². The van der Waals surface area contributed by atoms with Crippen LogP contribution in [0, 0.1) is 19.8 Å². The van der Waals surface area contributed by atoms with Gasteiger partial charge in [-0.05, 0) is 68.7 Å². The second kappa shape index (κ2) is 5.60. The van der Waals surface area contributed by atoms with Gasteiger partial charge in [-0.2, -0.15) is 0 Å². The van der Waals surface area contributed by atoms with Crippen molar-refractivity contribution in [3.05, 3.63) is 28.8 Å². The zero-order chi connectivity index (χ0) is 16.8. The highest BCUT2D eigenvalue weighted by atomic mass is 16.4. The van der Waals surface area contributed by atoms with Crippen molar-refractivity contribution < 1.29 is 9.90 Å². The lowest BCUT2D eigenvalue weighted by Crippen LogP contribution is -2.58. The summed E-state index contributed by atoms with van der Waals surface area (Å²) in [6, 6.07) is 3.93. The van der Waals surface area contributed by atoms with Crippen molar-refractivity contribution in [1.82, 2.24) is 0 Å². The number of nitrogens with zero attached hydrogens (tertiary/aromatic N) is 1. The zero-order valence-electron chi connectivity index (χ0n) is 14.9. The van der Waals surface area contributed by atoms with E-state index in [0.29, 0.717) is 5.92 Å². The molecule has 0 saturated heterocycles. The van der Waals surface area contributed by atoms with Gasteiger partial charge in [-0.15, -0.1) is 0 Å². The van der Waals surface area contributed by atoms with Gasteiger partial charge in [0.1, 0.15) is 6.04 Å². The first kappa shape index (κ1) is 16.9. The van der Waals surface area contributed by atoms with Crippen LogP contribution in [0.2, 0.25) is 0 Å². The molecule has 2 rings (SSSR count). The van der Waals surface area contributed by atoms with Crippen molar-refractivity contribution in [3.8, 4) is 0 Å². The van der Waals surface area contributed by atoms with E-state index < -0.39 is 12.0 Å². The number of rotatable bonds is 3. The van der Waals surface area contributed by atoms with Crippen LogP contribution in [0.4, 0.5) is 5.69 Å². The fourth-order valence-corrected chi connectivity index (χ4v) is 3.93. The molecule has 0 saturated carbocycles. The van der Waals surface area contributed by atoms with E-state index in [-0.39, 0.29) is 11.5 Å². The van der Waals surface area contributed by atoms with Gasteiger partial charge < -0.3 is 10.0 Å². The molecule has 122 valence electrons. The Hall–Kier alpha value is -1.51. The van der Waals surface area contributed by atoms with E-state index in [4.69, 9.17) is 0 Å². The lowest BCUT2D eigenvalue weighted by molar-refractivity contribution is -0.140. The molecule has 0 unspecified atom stereocenters. The van der Waals surface area contributed by atoms with E-state index in [1.165, 1.54) is 16.7 Å². The number of benzene rings is 1. The van der Waals surface area contributed by atoms with Gasteiger partial charge in [-0.1, -0.05) is 26.8 Å². The summed E-state index contributed by atoms with van der Waals surface area (Å²) in [5, 5.41) is 9.80. The molecule has 1 aliphatic heterocycles. The maximum atomic E-state index is 11.9. The number of carbonyl (C=O) groups is 1.